The van der Waals surface area contributed by atoms with Crippen molar-refractivity contribution in [1.29, 1.82) is 0 Å². The van der Waals surface area contributed by atoms with Crippen molar-refractivity contribution in [1.82, 2.24) is 19.9 Å². The molecule has 0 unspecified atom stereocenters. The zero-order chi connectivity index (χ0) is 17.4. The number of aromatic hydroxyl groups is 1. The Morgan fingerprint density at radius 3 is 2.52 bits per heavy atom. The maximum absolute atomic E-state index is 13.4. The van der Waals surface area contributed by atoms with Crippen LogP contribution in [0.25, 0.3) is 22.3 Å². The number of fused-ring (bicyclic) bond motifs is 1. The number of nitrogens with zero attached hydrogens (tertiary/aromatic N) is 3. The summed E-state index contributed by atoms with van der Waals surface area (Å²) in [6.45, 7) is 0. The Hall–Kier alpha value is -3.55. The molecule has 0 aliphatic carbocycles. The van der Waals surface area contributed by atoms with E-state index in [1.54, 1.807) is 18.3 Å². The minimum Gasteiger partial charge on any atom is -0.479 e. The molecule has 0 aliphatic rings. The third-order valence-electron chi connectivity index (χ3n) is 3.52. The van der Waals surface area contributed by atoms with Crippen LogP contribution in [-0.4, -0.2) is 25.0 Å². The van der Waals surface area contributed by atoms with Crippen molar-refractivity contribution in [2.45, 2.75) is 0 Å². The molecule has 1 aromatic carbocycles. The summed E-state index contributed by atoms with van der Waals surface area (Å²) in [4.78, 5) is 14.8. The lowest BCUT2D eigenvalue weighted by atomic mass is 10.1. The number of ether oxygens (including phenoxy) is 1. The molecule has 0 saturated heterocycles. The van der Waals surface area contributed by atoms with E-state index in [9.17, 15) is 13.9 Å². The van der Waals surface area contributed by atoms with Gasteiger partial charge >= 0.3 is 6.01 Å². The average Bonchev–Trinajstić information content (AvgIpc) is 2.99. The largest absolute Gasteiger partial charge is 0.479 e. The molecule has 4 aromatic rings. The normalized spacial score (nSPS) is 11.0. The molecule has 2 N–H and O–H groups in total. The highest BCUT2D eigenvalue weighted by Gasteiger charge is 2.15. The maximum Gasteiger partial charge on any atom is 0.314 e. The first-order valence-corrected chi connectivity index (χ1v) is 7.22. The van der Waals surface area contributed by atoms with Crippen LogP contribution in [0.3, 0.4) is 0 Å². The number of halogens is 2. The summed E-state index contributed by atoms with van der Waals surface area (Å²) in [7, 11) is 0. The van der Waals surface area contributed by atoms with E-state index in [0.29, 0.717) is 28.0 Å². The monoisotopic (exact) mass is 340 g/mol. The van der Waals surface area contributed by atoms with Gasteiger partial charge < -0.3 is 14.8 Å². The Balaban J connectivity index is 1.85. The van der Waals surface area contributed by atoms with E-state index in [1.165, 1.54) is 12.4 Å². The van der Waals surface area contributed by atoms with Gasteiger partial charge in [0.2, 0.25) is 0 Å². The van der Waals surface area contributed by atoms with Gasteiger partial charge in [-0.15, -0.1) is 0 Å². The standard InChI is InChI=1S/C17H10F2N4O2/c18-9-5-10(19)7-11(6-9)25-14-2-4-20-16-15(14)12(8-22-16)13-1-3-21-17(24)23-13/h1-8H,(H,20,22)(H,21,23,24). The number of hydrogen-bond acceptors (Lipinski definition) is 5. The van der Waals surface area contributed by atoms with Crippen molar-refractivity contribution in [2.24, 2.45) is 0 Å². The fourth-order valence-electron chi connectivity index (χ4n) is 2.53. The molecule has 0 radical (unpaired) electrons. The summed E-state index contributed by atoms with van der Waals surface area (Å²) >= 11 is 0. The molecule has 3 aromatic heterocycles. The number of nitrogens with one attached hydrogen (secondary N) is 1. The Bertz CT molecular complexity index is 1060. The van der Waals surface area contributed by atoms with Gasteiger partial charge in [0, 0.05) is 42.4 Å². The predicted octanol–water partition coefficient (Wildman–Crippen LogP) is 3.80. The highest BCUT2D eigenvalue weighted by molar-refractivity contribution is 5.97. The van der Waals surface area contributed by atoms with Crippen LogP contribution in [-0.2, 0) is 0 Å². The number of H-pyrrole nitrogens is 1. The third-order valence-corrected chi connectivity index (χ3v) is 3.52. The van der Waals surface area contributed by atoms with Crippen molar-refractivity contribution in [3.05, 3.63) is 60.6 Å². The zero-order valence-electron chi connectivity index (χ0n) is 12.6. The van der Waals surface area contributed by atoms with E-state index in [0.717, 1.165) is 18.2 Å². The number of aromatic amines is 1. The Labute approximate surface area is 139 Å². The van der Waals surface area contributed by atoms with E-state index in [4.69, 9.17) is 4.74 Å². The first-order chi connectivity index (χ1) is 12.1. The van der Waals surface area contributed by atoms with E-state index in [1.807, 2.05) is 0 Å². The van der Waals surface area contributed by atoms with Gasteiger partial charge in [0.05, 0.1) is 11.1 Å². The number of pyridine rings is 1. The first-order valence-electron chi connectivity index (χ1n) is 7.22. The molecule has 8 heteroatoms. The van der Waals surface area contributed by atoms with Gasteiger partial charge in [-0.2, -0.15) is 4.98 Å². The molecule has 0 fully saturated rings. The van der Waals surface area contributed by atoms with E-state index in [2.05, 4.69) is 19.9 Å². The quantitative estimate of drug-likeness (QED) is 0.593. The molecular formula is C17H10F2N4O2. The summed E-state index contributed by atoms with van der Waals surface area (Å²) < 4.78 is 32.4. The molecule has 0 amide bonds. The number of benzene rings is 1. The first kappa shape index (κ1) is 15.0. The van der Waals surface area contributed by atoms with Crippen LogP contribution in [0.4, 0.5) is 8.78 Å². The van der Waals surface area contributed by atoms with Gasteiger partial charge in [-0.25, -0.2) is 18.7 Å². The SMILES string of the molecule is Oc1nccc(-c2c[nH]c3nccc(Oc4cc(F)cc(F)c4)c23)n1. The van der Waals surface area contributed by atoms with Crippen LogP contribution in [0, 0.1) is 11.6 Å². The van der Waals surface area contributed by atoms with E-state index in [-0.39, 0.29) is 11.8 Å². The number of aromatic nitrogens is 4. The molecule has 0 bridgehead atoms. The highest BCUT2D eigenvalue weighted by atomic mass is 19.1. The maximum atomic E-state index is 13.4. The second-order valence-electron chi connectivity index (χ2n) is 5.18. The Kier molecular flexibility index (Phi) is 3.50. The zero-order valence-corrected chi connectivity index (χ0v) is 12.6. The molecular weight excluding hydrogens is 330 g/mol. The van der Waals surface area contributed by atoms with Crippen LogP contribution in [0.2, 0.25) is 0 Å². The summed E-state index contributed by atoms with van der Waals surface area (Å²) in [5.74, 6) is -1.13. The predicted molar refractivity (Wildman–Crippen MR) is 85.2 cm³/mol. The molecule has 0 spiro atoms. The van der Waals surface area contributed by atoms with Crippen LogP contribution >= 0.6 is 0 Å². The van der Waals surface area contributed by atoms with Crippen molar-refractivity contribution in [3.63, 3.8) is 0 Å². The second kappa shape index (κ2) is 5.82. The summed E-state index contributed by atoms with van der Waals surface area (Å²) in [5.41, 5.74) is 1.55. The fraction of sp³-hybridized carbons (Fsp3) is 0. The lowest BCUT2D eigenvalue weighted by Gasteiger charge is -2.08. The van der Waals surface area contributed by atoms with Crippen LogP contribution < -0.4 is 4.74 Å². The fourth-order valence-corrected chi connectivity index (χ4v) is 2.53. The number of hydrogen-bond donors (Lipinski definition) is 2. The van der Waals surface area contributed by atoms with Crippen LogP contribution in [0.1, 0.15) is 0 Å². The van der Waals surface area contributed by atoms with Gasteiger partial charge in [-0.3, -0.25) is 0 Å². The van der Waals surface area contributed by atoms with Crippen LogP contribution in [0.5, 0.6) is 17.5 Å². The summed E-state index contributed by atoms with van der Waals surface area (Å²) in [6.07, 6.45) is 4.57. The lowest BCUT2D eigenvalue weighted by molar-refractivity contribution is 0.431. The van der Waals surface area contributed by atoms with Crippen molar-refractivity contribution in [2.75, 3.05) is 0 Å². The van der Waals surface area contributed by atoms with Gasteiger partial charge in [0.15, 0.2) is 0 Å². The summed E-state index contributed by atoms with van der Waals surface area (Å²) in [6, 6.07) is 5.74. The Morgan fingerprint density at radius 2 is 1.76 bits per heavy atom. The van der Waals surface area contributed by atoms with Gasteiger partial charge in [-0.1, -0.05) is 0 Å². The van der Waals surface area contributed by atoms with Gasteiger partial charge in [-0.05, 0) is 12.1 Å². The molecule has 0 saturated carbocycles. The third kappa shape index (κ3) is 2.85. The molecule has 124 valence electrons. The average molecular weight is 340 g/mol. The minimum atomic E-state index is -0.740. The molecule has 4 rings (SSSR count). The second-order valence-corrected chi connectivity index (χ2v) is 5.18. The molecule has 25 heavy (non-hydrogen) atoms. The van der Waals surface area contributed by atoms with Crippen molar-refractivity contribution >= 4 is 11.0 Å². The van der Waals surface area contributed by atoms with Gasteiger partial charge in [0.25, 0.3) is 0 Å². The topological polar surface area (TPSA) is 83.9 Å². The molecule has 6 nitrogen and oxygen atoms in total. The van der Waals surface area contributed by atoms with Crippen molar-refractivity contribution in [3.8, 4) is 28.8 Å². The van der Waals surface area contributed by atoms with E-state index >= 15 is 0 Å². The lowest BCUT2D eigenvalue weighted by Crippen LogP contribution is -1.91. The van der Waals surface area contributed by atoms with Gasteiger partial charge in [0.1, 0.15) is 28.8 Å². The van der Waals surface area contributed by atoms with E-state index < -0.39 is 11.6 Å². The summed E-state index contributed by atoms with van der Waals surface area (Å²) in [5, 5.41) is 10.0. The highest BCUT2D eigenvalue weighted by Crippen LogP contribution is 2.36. The minimum absolute atomic E-state index is 0.0164. The van der Waals surface area contributed by atoms with Crippen LogP contribution in [0.15, 0.2) is 48.9 Å². The molecule has 0 atom stereocenters. The van der Waals surface area contributed by atoms with Crippen molar-refractivity contribution < 1.29 is 18.6 Å². The number of rotatable bonds is 3. The molecule has 0 aliphatic heterocycles. The molecule has 3 heterocycles. The smallest absolute Gasteiger partial charge is 0.314 e. The Morgan fingerprint density at radius 1 is 1.00 bits per heavy atom.